The largest absolute Gasteiger partial charge is 0.483 e. The molecule has 2 rings (SSSR count). The predicted octanol–water partition coefficient (Wildman–Crippen LogP) is 3.90. The van der Waals surface area contributed by atoms with Gasteiger partial charge in [-0.05, 0) is 48.8 Å². The normalized spacial score (nSPS) is 10.3. The molecule has 2 aromatic carbocycles. The molecular weight excluding hydrogens is 348 g/mol. The molecule has 0 saturated heterocycles. The number of Topliss-reactive ketones (excluding diaryl/α,β-unsaturated/α-hetero) is 1. The zero-order valence-electron chi connectivity index (χ0n) is 15.0. The molecule has 0 fully saturated rings. The zero-order valence-corrected chi connectivity index (χ0v) is 15.9. The number of para-hydroxylation sites is 1. The highest BCUT2D eigenvalue weighted by Crippen LogP contribution is 2.25. The summed E-state index contributed by atoms with van der Waals surface area (Å²) in [5, 5.41) is 5.60. The number of amides is 1. The van der Waals surface area contributed by atoms with E-state index in [-0.39, 0.29) is 23.4 Å². The van der Waals surface area contributed by atoms with E-state index in [2.05, 4.69) is 24.5 Å². The number of ether oxygens (including phenoxy) is 1. The summed E-state index contributed by atoms with van der Waals surface area (Å²) in [6, 6.07) is 14.5. The molecule has 5 nitrogen and oxygen atoms in total. The van der Waals surface area contributed by atoms with E-state index in [9.17, 15) is 9.59 Å². The van der Waals surface area contributed by atoms with Crippen molar-refractivity contribution in [3.8, 4) is 5.75 Å². The van der Waals surface area contributed by atoms with Crippen molar-refractivity contribution < 1.29 is 14.3 Å². The van der Waals surface area contributed by atoms with Gasteiger partial charge in [-0.1, -0.05) is 44.2 Å². The van der Waals surface area contributed by atoms with Crippen molar-refractivity contribution in [1.29, 1.82) is 0 Å². The molecule has 0 aliphatic heterocycles. The van der Waals surface area contributed by atoms with Gasteiger partial charge in [-0.25, -0.2) is 0 Å². The van der Waals surface area contributed by atoms with Crippen molar-refractivity contribution in [3.05, 3.63) is 59.7 Å². The van der Waals surface area contributed by atoms with E-state index in [0.717, 1.165) is 5.56 Å². The first-order valence-corrected chi connectivity index (χ1v) is 8.71. The van der Waals surface area contributed by atoms with E-state index >= 15 is 0 Å². The minimum atomic E-state index is -0.358. The molecule has 0 heterocycles. The average Bonchev–Trinajstić information content (AvgIpc) is 2.60. The quantitative estimate of drug-likeness (QED) is 0.596. The summed E-state index contributed by atoms with van der Waals surface area (Å²) in [6.45, 7) is 5.48. The van der Waals surface area contributed by atoms with Gasteiger partial charge in [0.1, 0.15) is 5.75 Å². The Bertz CT molecular complexity index is 818. The number of carbonyl (C=O) groups is 2. The van der Waals surface area contributed by atoms with Crippen LogP contribution in [0.25, 0.3) is 0 Å². The first-order valence-electron chi connectivity index (χ1n) is 8.30. The Labute approximate surface area is 158 Å². The third-order valence-corrected chi connectivity index (χ3v) is 3.88. The third kappa shape index (κ3) is 5.67. The lowest BCUT2D eigenvalue weighted by Crippen LogP contribution is -2.37. The smallest absolute Gasteiger partial charge is 0.264 e. The van der Waals surface area contributed by atoms with Crippen LogP contribution in [0.2, 0.25) is 0 Å². The van der Waals surface area contributed by atoms with Crippen molar-refractivity contribution in [3.63, 3.8) is 0 Å². The average molecular weight is 370 g/mol. The fourth-order valence-electron chi connectivity index (χ4n) is 2.37. The van der Waals surface area contributed by atoms with Gasteiger partial charge in [-0.15, -0.1) is 0 Å². The summed E-state index contributed by atoms with van der Waals surface area (Å²) in [4.78, 5) is 23.5. The Morgan fingerprint density at radius 3 is 2.54 bits per heavy atom. The minimum Gasteiger partial charge on any atom is -0.483 e. The van der Waals surface area contributed by atoms with Gasteiger partial charge in [0.2, 0.25) is 0 Å². The molecule has 26 heavy (non-hydrogen) atoms. The lowest BCUT2D eigenvalue weighted by atomic mass is 10.0. The molecule has 2 N–H and O–H groups in total. The van der Waals surface area contributed by atoms with Gasteiger partial charge in [-0.3, -0.25) is 14.9 Å². The SMILES string of the molecule is CC(=O)c1cccc(NC(=S)NC(=O)COc2ccccc2C(C)C)c1. The number of carbonyl (C=O) groups excluding carboxylic acids is 2. The van der Waals surface area contributed by atoms with Crippen LogP contribution >= 0.6 is 12.2 Å². The Hall–Kier alpha value is -2.73. The van der Waals surface area contributed by atoms with Crippen molar-refractivity contribution in [1.82, 2.24) is 5.32 Å². The molecule has 0 saturated carbocycles. The monoisotopic (exact) mass is 370 g/mol. The molecule has 0 aliphatic rings. The lowest BCUT2D eigenvalue weighted by molar-refractivity contribution is -0.121. The minimum absolute atomic E-state index is 0.0409. The topological polar surface area (TPSA) is 67.4 Å². The molecular formula is C20H22N2O3S. The summed E-state index contributed by atoms with van der Waals surface area (Å²) < 4.78 is 5.62. The number of hydrogen-bond acceptors (Lipinski definition) is 4. The van der Waals surface area contributed by atoms with E-state index in [1.807, 2.05) is 24.3 Å². The third-order valence-electron chi connectivity index (χ3n) is 3.68. The molecule has 0 aromatic heterocycles. The maximum absolute atomic E-state index is 12.1. The van der Waals surface area contributed by atoms with Gasteiger partial charge in [-0.2, -0.15) is 0 Å². The van der Waals surface area contributed by atoms with Gasteiger partial charge in [0.25, 0.3) is 5.91 Å². The Morgan fingerprint density at radius 2 is 1.85 bits per heavy atom. The maximum atomic E-state index is 12.1. The molecule has 6 heteroatoms. The van der Waals surface area contributed by atoms with Crippen molar-refractivity contribution in [2.24, 2.45) is 0 Å². The number of anilines is 1. The highest BCUT2D eigenvalue weighted by atomic mass is 32.1. The molecule has 1 amide bonds. The summed E-state index contributed by atoms with van der Waals surface area (Å²) in [7, 11) is 0. The van der Waals surface area contributed by atoms with Crippen LogP contribution in [0.1, 0.15) is 42.6 Å². The number of benzene rings is 2. The van der Waals surface area contributed by atoms with Crippen LogP contribution in [0.3, 0.4) is 0 Å². The number of hydrogen-bond donors (Lipinski definition) is 2. The van der Waals surface area contributed by atoms with E-state index in [4.69, 9.17) is 17.0 Å². The molecule has 0 radical (unpaired) electrons. The van der Waals surface area contributed by atoms with Gasteiger partial charge in [0.15, 0.2) is 17.5 Å². The number of ketones is 1. The second kappa shape index (κ2) is 9.10. The predicted molar refractivity (Wildman–Crippen MR) is 107 cm³/mol. The molecule has 0 bridgehead atoms. The lowest BCUT2D eigenvalue weighted by Gasteiger charge is -2.14. The highest BCUT2D eigenvalue weighted by Gasteiger charge is 2.10. The Kier molecular flexibility index (Phi) is 6.86. The summed E-state index contributed by atoms with van der Waals surface area (Å²) in [5.74, 6) is 0.584. The van der Waals surface area contributed by atoms with Crippen LogP contribution in [0, 0.1) is 0 Å². The Balaban J connectivity index is 1.89. The second-order valence-electron chi connectivity index (χ2n) is 6.12. The first kappa shape index (κ1) is 19.6. The second-order valence-corrected chi connectivity index (χ2v) is 6.53. The maximum Gasteiger partial charge on any atom is 0.264 e. The molecule has 0 unspecified atom stereocenters. The fraction of sp³-hybridized carbons (Fsp3) is 0.250. The number of thiocarbonyl (C=S) groups is 1. The summed E-state index contributed by atoms with van der Waals surface area (Å²) in [6.07, 6.45) is 0. The van der Waals surface area contributed by atoms with E-state index in [0.29, 0.717) is 22.9 Å². The van der Waals surface area contributed by atoms with E-state index in [1.54, 1.807) is 24.3 Å². The van der Waals surface area contributed by atoms with Crippen LogP contribution in [0.15, 0.2) is 48.5 Å². The summed E-state index contributed by atoms with van der Waals surface area (Å²) >= 11 is 5.14. The number of rotatable bonds is 6. The fourth-order valence-corrected chi connectivity index (χ4v) is 2.60. The van der Waals surface area contributed by atoms with Crippen LogP contribution in [0.4, 0.5) is 5.69 Å². The van der Waals surface area contributed by atoms with E-state index < -0.39 is 0 Å². The van der Waals surface area contributed by atoms with Crippen molar-refractivity contribution in [2.45, 2.75) is 26.7 Å². The van der Waals surface area contributed by atoms with Crippen molar-refractivity contribution in [2.75, 3.05) is 11.9 Å². The molecule has 0 spiro atoms. The van der Waals surface area contributed by atoms with Crippen LogP contribution < -0.4 is 15.4 Å². The zero-order chi connectivity index (χ0) is 19.1. The number of nitrogens with one attached hydrogen (secondary N) is 2. The van der Waals surface area contributed by atoms with Gasteiger partial charge >= 0.3 is 0 Å². The molecule has 0 aliphatic carbocycles. The van der Waals surface area contributed by atoms with Crippen LogP contribution in [-0.2, 0) is 4.79 Å². The molecule has 2 aromatic rings. The van der Waals surface area contributed by atoms with Crippen LogP contribution in [-0.4, -0.2) is 23.4 Å². The molecule has 136 valence electrons. The summed E-state index contributed by atoms with van der Waals surface area (Å²) in [5.41, 5.74) is 2.24. The van der Waals surface area contributed by atoms with Crippen LogP contribution in [0.5, 0.6) is 5.75 Å². The van der Waals surface area contributed by atoms with Gasteiger partial charge in [0, 0.05) is 11.3 Å². The highest BCUT2D eigenvalue weighted by molar-refractivity contribution is 7.80. The van der Waals surface area contributed by atoms with Gasteiger partial charge in [0.05, 0.1) is 0 Å². The standard InChI is InChI=1S/C20H22N2O3S/c1-13(2)17-9-4-5-10-18(17)25-12-19(24)22-20(26)21-16-8-6-7-15(11-16)14(3)23/h4-11,13H,12H2,1-3H3,(H2,21,22,24,26). The van der Waals surface area contributed by atoms with Crippen molar-refractivity contribution >= 4 is 34.7 Å². The van der Waals surface area contributed by atoms with E-state index in [1.165, 1.54) is 6.92 Å². The first-order chi connectivity index (χ1) is 12.4. The Morgan fingerprint density at radius 1 is 1.12 bits per heavy atom. The van der Waals surface area contributed by atoms with Gasteiger partial charge < -0.3 is 10.1 Å². The molecule has 0 atom stereocenters.